The number of nitrogens with zero attached hydrogens (tertiary/aromatic N) is 2. The molecule has 0 saturated heterocycles. The molecule has 7 nitrogen and oxygen atoms in total. The van der Waals surface area contributed by atoms with Gasteiger partial charge in [-0.05, 0) is 63.6 Å². The van der Waals surface area contributed by atoms with E-state index in [0.29, 0.717) is 21.0 Å². The molecule has 0 spiro atoms. The minimum absolute atomic E-state index is 0.0826. The van der Waals surface area contributed by atoms with Gasteiger partial charge in [0.05, 0.1) is 22.5 Å². The highest BCUT2D eigenvalue weighted by molar-refractivity contribution is 7.92. The molecule has 0 aromatic heterocycles. The van der Waals surface area contributed by atoms with Crippen LogP contribution in [-0.2, 0) is 32.3 Å². The highest BCUT2D eigenvalue weighted by Gasteiger charge is 2.36. The first kappa shape index (κ1) is 30.7. The van der Waals surface area contributed by atoms with E-state index in [9.17, 15) is 31.2 Å². The maximum absolute atomic E-state index is 13.5. The Morgan fingerprint density at radius 1 is 1.03 bits per heavy atom. The molecule has 0 aliphatic carbocycles. The van der Waals surface area contributed by atoms with E-state index in [1.165, 1.54) is 6.92 Å². The van der Waals surface area contributed by atoms with Crippen molar-refractivity contribution in [3.63, 3.8) is 0 Å². The number of alkyl halides is 3. The number of amides is 2. The summed E-state index contributed by atoms with van der Waals surface area (Å²) in [6.45, 7) is 5.82. The van der Waals surface area contributed by atoms with Crippen molar-refractivity contribution in [1.29, 1.82) is 0 Å². The Balaban J connectivity index is 2.49. The number of benzene rings is 2. The standard InChI is InChI=1S/C24H28Cl2F3N3O4S/c1-15(22(34)30-23(2,3)4)31(13-16-6-8-17(25)9-7-16)21(33)14-32(37(5,35)36)18-10-11-20(26)19(12-18)24(27,28)29/h6-12,15H,13-14H2,1-5H3,(H,30,34)/t15-/m0/s1. The van der Waals surface area contributed by atoms with E-state index in [0.717, 1.165) is 23.3 Å². The summed E-state index contributed by atoms with van der Waals surface area (Å²) < 4.78 is 65.9. The van der Waals surface area contributed by atoms with E-state index in [2.05, 4.69) is 5.32 Å². The van der Waals surface area contributed by atoms with Gasteiger partial charge < -0.3 is 10.2 Å². The molecule has 2 aromatic rings. The zero-order valence-electron chi connectivity index (χ0n) is 20.9. The summed E-state index contributed by atoms with van der Waals surface area (Å²) in [7, 11) is -4.22. The predicted molar refractivity (Wildman–Crippen MR) is 138 cm³/mol. The lowest BCUT2D eigenvalue weighted by molar-refractivity contribution is -0.140. The smallest absolute Gasteiger partial charge is 0.350 e. The highest BCUT2D eigenvalue weighted by Crippen LogP contribution is 2.37. The molecular weight excluding hydrogens is 554 g/mol. The van der Waals surface area contributed by atoms with Crippen LogP contribution in [-0.4, -0.2) is 49.5 Å². The molecule has 0 radical (unpaired) electrons. The van der Waals surface area contributed by atoms with E-state index in [4.69, 9.17) is 23.2 Å². The first-order chi connectivity index (χ1) is 16.8. The lowest BCUT2D eigenvalue weighted by Crippen LogP contribution is -2.54. The monoisotopic (exact) mass is 581 g/mol. The third-order valence-corrected chi connectivity index (χ3v) is 6.88. The largest absolute Gasteiger partial charge is 0.417 e. The molecule has 13 heteroatoms. The second-order valence-corrected chi connectivity index (χ2v) is 12.2. The SMILES string of the molecule is C[C@@H](C(=O)NC(C)(C)C)N(Cc1ccc(Cl)cc1)C(=O)CN(c1ccc(Cl)c(C(F)(F)F)c1)S(C)(=O)=O. The predicted octanol–water partition coefficient (Wildman–Crippen LogP) is 5.11. The van der Waals surface area contributed by atoms with E-state index < -0.39 is 62.4 Å². The number of carbonyl (C=O) groups is 2. The van der Waals surface area contributed by atoms with Gasteiger partial charge in [0, 0.05) is 17.1 Å². The van der Waals surface area contributed by atoms with Gasteiger partial charge in [0.2, 0.25) is 21.8 Å². The minimum atomic E-state index is -4.85. The van der Waals surface area contributed by atoms with Crippen LogP contribution in [0.25, 0.3) is 0 Å². The van der Waals surface area contributed by atoms with Crippen molar-refractivity contribution in [2.45, 2.75) is 52.0 Å². The normalized spacial score (nSPS) is 13.1. The number of anilines is 1. The van der Waals surface area contributed by atoms with E-state index >= 15 is 0 Å². The van der Waals surface area contributed by atoms with Gasteiger partial charge in [-0.2, -0.15) is 13.2 Å². The average molecular weight is 582 g/mol. The van der Waals surface area contributed by atoms with Gasteiger partial charge in [0.1, 0.15) is 12.6 Å². The third-order valence-electron chi connectivity index (χ3n) is 5.15. The lowest BCUT2D eigenvalue weighted by Gasteiger charge is -2.33. The van der Waals surface area contributed by atoms with Gasteiger partial charge in [-0.1, -0.05) is 35.3 Å². The summed E-state index contributed by atoms with van der Waals surface area (Å²) in [5.74, 6) is -1.30. The average Bonchev–Trinajstić information content (AvgIpc) is 2.74. The number of hydrogen-bond acceptors (Lipinski definition) is 4. The van der Waals surface area contributed by atoms with Gasteiger partial charge >= 0.3 is 6.18 Å². The number of halogens is 5. The quantitative estimate of drug-likeness (QED) is 0.469. The second kappa shape index (κ2) is 11.5. The van der Waals surface area contributed by atoms with E-state index in [-0.39, 0.29) is 6.54 Å². The summed E-state index contributed by atoms with van der Waals surface area (Å²) in [5, 5.41) is 2.60. The Bertz CT molecular complexity index is 1250. The molecular formula is C24H28Cl2F3N3O4S. The molecule has 0 heterocycles. The van der Waals surface area contributed by atoms with Crippen molar-refractivity contribution in [1.82, 2.24) is 10.2 Å². The lowest BCUT2D eigenvalue weighted by atomic mass is 10.1. The maximum atomic E-state index is 13.5. The summed E-state index contributed by atoms with van der Waals surface area (Å²) in [6, 6.07) is 7.97. The number of rotatable bonds is 8. The van der Waals surface area contributed by atoms with Gasteiger partial charge in [0.25, 0.3) is 0 Å². The zero-order valence-corrected chi connectivity index (χ0v) is 23.2. The molecule has 0 aliphatic heterocycles. The fourth-order valence-electron chi connectivity index (χ4n) is 3.34. The first-order valence-corrected chi connectivity index (χ1v) is 13.6. The maximum Gasteiger partial charge on any atom is 0.417 e. The van der Waals surface area contributed by atoms with Crippen LogP contribution in [0.2, 0.25) is 10.0 Å². The van der Waals surface area contributed by atoms with Crippen molar-refractivity contribution in [3.05, 3.63) is 63.6 Å². The molecule has 2 amide bonds. The Kier molecular flexibility index (Phi) is 9.54. The summed E-state index contributed by atoms with van der Waals surface area (Å²) in [4.78, 5) is 27.5. The zero-order chi connectivity index (χ0) is 28.3. The summed E-state index contributed by atoms with van der Waals surface area (Å²) >= 11 is 11.6. The second-order valence-electron chi connectivity index (χ2n) is 9.49. The van der Waals surface area contributed by atoms with Crippen molar-refractivity contribution >= 4 is 50.7 Å². The van der Waals surface area contributed by atoms with Gasteiger partial charge in [-0.25, -0.2) is 8.42 Å². The number of sulfonamides is 1. The summed E-state index contributed by atoms with van der Waals surface area (Å²) in [6.07, 6.45) is -4.08. The van der Waals surface area contributed by atoms with Crippen molar-refractivity contribution in [2.24, 2.45) is 0 Å². The third kappa shape index (κ3) is 8.79. The van der Waals surface area contributed by atoms with Crippen LogP contribution in [0.4, 0.5) is 18.9 Å². The Hall–Kier alpha value is -2.50. The fraction of sp³-hybridized carbons (Fsp3) is 0.417. The fourth-order valence-corrected chi connectivity index (χ4v) is 4.53. The highest BCUT2D eigenvalue weighted by atomic mass is 35.5. The van der Waals surface area contributed by atoms with Gasteiger partial charge in [0.15, 0.2) is 0 Å². The molecule has 1 atom stereocenters. The molecule has 1 N–H and O–H groups in total. The Morgan fingerprint density at radius 3 is 2.08 bits per heavy atom. The molecule has 2 aromatic carbocycles. The number of carbonyl (C=O) groups excluding carboxylic acids is 2. The first-order valence-electron chi connectivity index (χ1n) is 11.0. The van der Waals surface area contributed by atoms with Crippen LogP contribution in [0.15, 0.2) is 42.5 Å². The molecule has 0 fully saturated rings. The Labute approximate surface area is 224 Å². The molecule has 204 valence electrons. The van der Waals surface area contributed by atoms with Crippen LogP contribution in [0.1, 0.15) is 38.8 Å². The summed E-state index contributed by atoms with van der Waals surface area (Å²) in [5.41, 5.74) is -1.66. The topological polar surface area (TPSA) is 86.8 Å². The van der Waals surface area contributed by atoms with Crippen LogP contribution in [0.3, 0.4) is 0 Å². The molecule has 0 bridgehead atoms. The number of nitrogens with one attached hydrogen (secondary N) is 1. The van der Waals surface area contributed by atoms with Gasteiger partial charge in [-0.15, -0.1) is 0 Å². The van der Waals surface area contributed by atoms with Crippen molar-refractivity contribution in [3.8, 4) is 0 Å². The van der Waals surface area contributed by atoms with Crippen LogP contribution in [0.5, 0.6) is 0 Å². The van der Waals surface area contributed by atoms with Crippen LogP contribution in [0, 0.1) is 0 Å². The number of hydrogen-bond donors (Lipinski definition) is 1. The molecule has 0 saturated carbocycles. The minimum Gasteiger partial charge on any atom is -0.350 e. The van der Waals surface area contributed by atoms with Crippen LogP contribution >= 0.6 is 23.2 Å². The Morgan fingerprint density at radius 2 is 1.59 bits per heavy atom. The van der Waals surface area contributed by atoms with Crippen molar-refractivity contribution < 1.29 is 31.2 Å². The van der Waals surface area contributed by atoms with Crippen LogP contribution < -0.4 is 9.62 Å². The molecule has 0 aliphatic rings. The van der Waals surface area contributed by atoms with E-state index in [1.807, 2.05) is 0 Å². The van der Waals surface area contributed by atoms with Gasteiger partial charge in [-0.3, -0.25) is 13.9 Å². The molecule has 37 heavy (non-hydrogen) atoms. The van der Waals surface area contributed by atoms with E-state index in [1.54, 1.807) is 45.0 Å². The molecule has 2 rings (SSSR count). The van der Waals surface area contributed by atoms with Crippen molar-refractivity contribution in [2.75, 3.05) is 17.1 Å². The molecule has 0 unspecified atom stereocenters.